The molecule has 0 radical (unpaired) electrons. The largest absolute Gasteiger partial charge is 0.444 e. The Bertz CT molecular complexity index is 596. The molecular formula is C16H20FN3O. The monoisotopic (exact) mass is 289 g/mol. The Morgan fingerprint density at radius 1 is 1.38 bits per heavy atom. The summed E-state index contributed by atoms with van der Waals surface area (Å²) in [6.45, 7) is 4.86. The van der Waals surface area contributed by atoms with Crippen molar-refractivity contribution in [1.29, 1.82) is 0 Å². The minimum absolute atomic E-state index is 0.224. The standard InChI is InChI=1S/C16H20FN3O/c1-11-6-7-20(9-15(11)18)8-14-10-21-16(19-14)12-2-4-13(17)5-3-12/h2-5,10-11,15H,6-9,18H2,1H3. The molecular weight excluding hydrogens is 269 g/mol. The van der Waals surface area contributed by atoms with Gasteiger partial charge in [0.1, 0.15) is 12.1 Å². The lowest BCUT2D eigenvalue weighted by Crippen LogP contribution is -2.47. The van der Waals surface area contributed by atoms with Gasteiger partial charge in [-0.1, -0.05) is 6.92 Å². The van der Waals surface area contributed by atoms with Gasteiger partial charge in [-0.15, -0.1) is 0 Å². The highest BCUT2D eigenvalue weighted by Gasteiger charge is 2.23. The van der Waals surface area contributed by atoms with E-state index in [9.17, 15) is 4.39 Å². The molecule has 0 bridgehead atoms. The van der Waals surface area contributed by atoms with Gasteiger partial charge in [0.05, 0.1) is 5.69 Å². The van der Waals surface area contributed by atoms with Gasteiger partial charge in [-0.25, -0.2) is 9.37 Å². The van der Waals surface area contributed by atoms with E-state index >= 15 is 0 Å². The number of hydrogen-bond donors (Lipinski definition) is 1. The fraction of sp³-hybridized carbons (Fsp3) is 0.438. The minimum Gasteiger partial charge on any atom is -0.444 e. The second kappa shape index (κ2) is 5.95. The van der Waals surface area contributed by atoms with Crippen molar-refractivity contribution in [3.63, 3.8) is 0 Å². The van der Waals surface area contributed by atoms with Crippen LogP contribution in [0.4, 0.5) is 4.39 Å². The number of hydrogen-bond acceptors (Lipinski definition) is 4. The molecule has 2 unspecified atom stereocenters. The van der Waals surface area contributed by atoms with Gasteiger partial charge in [0, 0.05) is 24.7 Å². The van der Waals surface area contributed by atoms with Crippen molar-refractivity contribution in [3.8, 4) is 11.5 Å². The summed E-state index contributed by atoms with van der Waals surface area (Å²) >= 11 is 0. The maximum Gasteiger partial charge on any atom is 0.226 e. The SMILES string of the molecule is CC1CCN(Cc2coc(-c3ccc(F)cc3)n2)CC1N. The number of oxazole rings is 1. The van der Waals surface area contributed by atoms with E-state index in [2.05, 4.69) is 16.8 Å². The Kier molecular flexibility index (Phi) is 4.03. The Labute approximate surface area is 123 Å². The number of aromatic nitrogens is 1. The zero-order valence-corrected chi connectivity index (χ0v) is 12.1. The summed E-state index contributed by atoms with van der Waals surface area (Å²) in [6.07, 6.45) is 2.78. The van der Waals surface area contributed by atoms with Crippen LogP contribution in [0.2, 0.25) is 0 Å². The highest BCUT2D eigenvalue weighted by Crippen LogP contribution is 2.21. The molecule has 2 aromatic rings. The molecule has 0 spiro atoms. The van der Waals surface area contributed by atoms with Crippen molar-refractivity contribution in [1.82, 2.24) is 9.88 Å². The molecule has 1 saturated heterocycles. The molecule has 1 aromatic heterocycles. The van der Waals surface area contributed by atoms with Crippen molar-refractivity contribution >= 4 is 0 Å². The quantitative estimate of drug-likeness (QED) is 0.944. The van der Waals surface area contributed by atoms with Crippen molar-refractivity contribution in [2.75, 3.05) is 13.1 Å². The van der Waals surface area contributed by atoms with Crippen LogP contribution in [0, 0.1) is 11.7 Å². The molecule has 112 valence electrons. The molecule has 2 heterocycles. The van der Waals surface area contributed by atoms with Crippen LogP contribution in [0.25, 0.3) is 11.5 Å². The summed E-state index contributed by atoms with van der Waals surface area (Å²) in [5.41, 5.74) is 7.78. The van der Waals surface area contributed by atoms with Crippen LogP contribution in [0.5, 0.6) is 0 Å². The van der Waals surface area contributed by atoms with E-state index < -0.39 is 0 Å². The van der Waals surface area contributed by atoms with Gasteiger partial charge in [0.25, 0.3) is 0 Å². The topological polar surface area (TPSA) is 55.3 Å². The third kappa shape index (κ3) is 3.31. The first kappa shape index (κ1) is 14.2. The zero-order valence-electron chi connectivity index (χ0n) is 12.1. The fourth-order valence-electron chi connectivity index (χ4n) is 2.65. The molecule has 4 nitrogen and oxygen atoms in total. The zero-order chi connectivity index (χ0) is 14.8. The molecule has 0 aliphatic carbocycles. The van der Waals surface area contributed by atoms with E-state index in [-0.39, 0.29) is 11.9 Å². The molecule has 5 heteroatoms. The molecule has 3 rings (SSSR count). The molecule has 0 amide bonds. The van der Waals surface area contributed by atoms with Gasteiger partial charge >= 0.3 is 0 Å². The van der Waals surface area contributed by atoms with E-state index in [1.165, 1.54) is 12.1 Å². The second-order valence-electron chi connectivity index (χ2n) is 5.82. The van der Waals surface area contributed by atoms with Crippen molar-refractivity contribution in [3.05, 3.63) is 42.0 Å². The van der Waals surface area contributed by atoms with Gasteiger partial charge in [-0.2, -0.15) is 0 Å². The van der Waals surface area contributed by atoms with Crippen LogP contribution in [0.3, 0.4) is 0 Å². The highest BCUT2D eigenvalue weighted by molar-refractivity contribution is 5.52. The highest BCUT2D eigenvalue weighted by atomic mass is 19.1. The normalized spacial score (nSPS) is 23.4. The number of benzene rings is 1. The smallest absolute Gasteiger partial charge is 0.226 e. The molecule has 21 heavy (non-hydrogen) atoms. The fourth-order valence-corrected chi connectivity index (χ4v) is 2.65. The first-order valence-electron chi connectivity index (χ1n) is 7.30. The molecule has 1 fully saturated rings. The predicted molar refractivity (Wildman–Crippen MR) is 78.9 cm³/mol. The van der Waals surface area contributed by atoms with Crippen molar-refractivity contribution < 1.29 is 8.81 Å². The number of halogens is 1. The second-order valence-corrected chi connectivity index (χ2v) is 5.82. The molecule has 2 atom stereocenters. The maximum atomic E-state index is 12.9. The number of rotatable bonds is 3. The maximum absolute atomic E-state index is 12.9. The van der Waals surface area contributed by atoms with Crippen LogP contribution < -0.4 is 5.73 Å². The van der Waals surface area contributed by atoms with E-state index in [1.54, 1.807) is 18.4 Å². The number of nitrogens with two attached hydrogens (primary N) is 1. The molecule has 1 aliphatic heterocycles. The van der Waals surface area contributed by atoms with Crippen molar-refractivity contribution in [2.45, 2.75) is 25.9 Å². The van der Waals surface area contributed by atoms with Crippen LogP contribution >= 0.6 is 0 Å². The lowest BCUT2D eigenvalue weighted by Gasteiger charge is -2.34. The lowest BCUT2D eigenvalue weighted by atomic mass is 9.94. The number of piperidine rings is 1. The van der Waals surface area contributed by atoms with Crippen LogP contribution in [0.1, 0.15) is 19.0 Å². The summed E-state index contributed by atoms with van der Waals surface area (Å²) < 4.78 is 18.4. The van der Waals surface area contributed by atoms with Gasteiger partial charge in [-0.3, -0.25) is 4.90 Å². The Hall–Kier alpha value is -1.72. The summed E-state index contributed by atoms with van der Waals surface area (Å²) in [5, 5.41) is 0. The average Bonchev–Trinajstić information content (AvgIpc) is 2.92. The van der Waals surface area contributed by atoms with Gasteiger partial charge in [0.15, 0.2) is 0 Å². The Balaban J connectivity index is 1.66. The minimum atomic E-state index is -0.262. The molecule has 1 aliphatic rings. The van der Waals surface area contributed by atoms with E-state index in [4.69, 9.17) is 10.2 Å². The first-order valence-corrected chi connectivity index (χ1v) is 7.30. The van der Waals surface area contributed by atoms with Crippen LogP contribution in [-0.4, -0.2) is 29.0 Å². The molecule has 0 saturated carbocycles. The lowest BCUT2D eigenvalue weighted by molar-refractivity contribution is 0.160. The summed E-state index contributed by atoms with van der Waals surface area (Å²) in [5.74, 6) is 0.843. The Morgan fingerprint density at radius 3 is 2.86 bits per heavy atom. The van der Waals surface area contributed by atoms with Gasteiger partial charge in [0.2, 0.25) is 5.89 Å². The summed E-state index contributed by atoms with van der Waals surface area (Å²) in [4.78, 5) is 6.78. The van der Waals surface area contributed by atoms with E-state index in [0.717, 1.165) is 37.3 Å². The third-order valence-corrected chi connectivity index (χ3v) is 4.13. The molecule has 2 N–H and O–H groups in total. The average molecular weight is 289 g/mol. The summed E-state index contributed by atoms with van der Waals surface area (Å²) in [6, 6.07) is 6.38. The number of likely N-dealkylation sites (tertiary alicyclic amines) is 1. The van der Waals surface area contributed by atoms with E-state index in [0.29, 0.717) is 11.8 Å². The third-order valence-electron chi connectivity index (χ3n) is 4.13. The van der Waals surface area contributed by atoms with Crippen LogP contribution in [0.15, 0.2) is 34.9 Å². The number of nitrogens with zero attached hydrogens (tertiary/aromatic N) is 2. The van der Waals surface area contributed by atoms with Crippen LogP contribution in [-0.2, 0) is 6.54 Å². The predicted octanol–water partition coefficient (Wildman–Crippen LogP) is 2.65. The summed E-state index contributed by atoms with van der Waals surface area (Å²) in [7, 11) is 0. The molecule has 1 aromatic carbocycles. The van der Waals surface area contributed by atoms with E-state index in [1.807, 2.05) is 0 Å². The first-order chi connectivity index (χ1) is 10.1. The van der Waals surface area contributed by atoms with Gasteiger partial charge in [-0.05, 0) is 43.1 Å². The Morgan fingerprint density at radius 2 is 2.14 bits per heavy atom. The van der Waals surface area contributed by atoms with Crippen molar-refractivity contribution in [2.24, 2.45) is 11.7 Å². The van der Waals surface area contributed by atoms with Gasteiger partial charge < -0.3 is 10.2 Å².